The van der Waals surface area contributed by atoms with Crippen molar-refractivity contribution in [3.05, 3.63) is 34.4 Å². The maximum Gasteiger partial charge on any atom is 0.0931 e. The highest BCUT2D eigenvalue weighted by atomic mass is 35.5. The highest BCUT2D eigenvalue weighted by Crippen LogP contribution is 2.28. The molecule has 2 rings (SSSR count). The molecule has 116 valence electrons. The molecule has 0 aliphatic rings. The van der Waals surface area contributed by atoms with E-state index in [9.17, 15) is 0 Å². The highest BCUT2D eigenvalue weighted by molar-refractivity contribution is 6.31. The molecule has 0 radical (unpaired) electrons. The molecule has 0 saturated heterocycles. The molecule has 21 heavy (non-hydrogen) atoms. The van der Waals surface area contributed by atoms with Crippen LogP contribution >= 0.6 is 11.6 Å². The van der Waals surface area contributed by atoms with Gasteiger partial charge in [-0.1, -0.05) is 11.6 Å². The lowest BCUT2D eigenvalue weighted by molar-refractivity contribution is 0.182. The van der Waals surface area contributed by atoms with Crippen LogP contribution in [0.1, 0.15) is 30.0 Å². The Morgan fingerprint density at radius 1 is 1.43 bits per heavy atom. The standard InChI is InChI=1S/C14H22ClN5O/c1-5-19-12(8-10(2)18-19)13(16-3)14-11(15)9-17-20(14)6-7-21-4/h8-9,13,16H,5-7H2,1-4H3. The van der Waals surface area contributed by atoms with Gasteiger partial charge in [-0.25, -0.2) is 0 Å². The molecule has 0 spiro atoms. The van der Waals surface area contributed by atoms with Crippen LogP contribution in [0.15, 0.2) is 12.3 Å². The molecule has 6 nitrogen and oxygen atoms in total. The van der Waals surface area contributed by atoms with E-state index in [0.29, 0.717) is 18.2 Å². The summed E-state index contributed by atoms with van der Waals surface area (Å²) in [6.07, 6.45) is 1.68. The second-order valence-electron chi connectivity index (χ2n) is 4.84. The minimum Gasteiger partial charge on any atom is -0.383 e. The summed E-state index contributed by atoms with van der Waals surface area (Å²) < 4.78 is 9.01. The van der Waals surface area contributed by atoms with Crippen LogP contribution in [-0.2, 0) is 17.8 Å². The van der Waals surface area contributed by atoms with Gasteiger partial charge in [-0.3, -0.25) is 9.36 Å². The minimum absolute atomic E-state index is 0.0574. The van der Waals surface area contributed by atoms with Gasteiger partial charge in [-0.05, 0) is 27.0 Å². The molecule has 0 aliphatic heterocycles. The van der Waals surface area contributed by atoms with Gasteiger partial charge in [-0.2, -0.15) is 10.2 Å². The summed E-state index contributed by atoms with van der Waals surface area (Å²) in [4.78, 5) is 0. The zero-order valence-electron chi connectivity index (χ0n) is 12.9. The molecule has 0 bridgehead atoms. The molecule has 0 fully saturated rings. The molecular formula is C14H22ClN5O. The summed E-state index contributed by atoms with van der Waals surface area (Å²) in [5.74, 6) is 0. The van der Waals surface area contributed by atoms with Crippen LogP contribution in [0.3, 0.4) is 0 Å². The van der Waals surface area contributed by atoms with Crippen LogP contribution in [-0.4, -0.2) is 40.3 Å². The third-order valence-corrected chi connectivity index (χ3v) is 3.72. The van der Waals surface area contributed by atoms with Crippen LogP contribution in [0.5, 0.6) is 0 Å². The highest BCUT2D eigenvalue weighted by Gasteiger charge is 2.24. The van der Waals surface area contributed by atoms with Gasteiger partial charge in [-0.15, -0.1) is 0 Å². The van der Waals surface area contributed by atoms with E-state index in [-0.39, 0.29) is 6.04 Å². The Labute approximate surface area is 130 Å². The van der Waals surface area contributed by atoms with Crippen LogP contribution in [0.25, 0.3) is 0 Å². The molecular weight excluding hydrogens is 290 g/mol. The summed E-state index contributed by atoms with van der Waals surface area (Å²) in [6.45, 7) is 6.13. The summed E-state index contributed by atoms with van der Waals surface area (Å²) in [5.41, 5.74) is 3.01. The summed E-state index contributed by atoms with van der Waals surface area (Å²) in [6, 6.07) is 2.02. The second kappa shape index (κ2) is 7.06. The molecule has 2 heterocycles. The number of aryl methyl sites for hydroxylation is 2. The molecule has 1 unspecified atom stereocenters. The fourth-order valence-electron chi connectivity index (χ4n) is 2.49. The van der Waals surface area contributed by atoms with Gasteiger partial charge in [0.05, 0.1) is 47.5 Å². The number of hydrogen-bond donors (Lipinski definition) is 1. The first kappa shape index (κ1) is 16.0. The second-order valence-corrected chi connectivity index (χ2v) is 5.25. The van der Waals surface area contributed by atoms with Crippen molar-refractivity contribution in [1.82, 2.24) is 24.9 Å². The Balaban J connectivity index is 2.43. The fourth-order valence-corrected chi connectivity index (χ4v) is 2.74. The van der Waals surface area contributed by atoms with Gasteiger partial charge in [0.25, 0.3) is 0 Å². The lowest BCUT2D eigenvalue weighted by Crippen LogP contribution is -2.25. The third kappa shape index (κ3) is 3.28. The molecule has 1 N–H and O–H groups in total. The van der Waals surface area contributed by atoms with Gasteiger partial charge >= 0.3 is 0 Å². The van der Waals surface area contributed by atoms with E-state index in [2.05, 4.69) is 28.5 Å². The van der Waals surface area contributed by atoms with Gasteiger partial charge in [0, 0.05) is 13.7 Å². The van der Waals surface area contributed by atoms with Crippen molar-refractivity contribution < 1.29 is 4.74 Å². The average Bonchev–Trinajstić information content (AvgIpc) is 3.02. The lowest BCUT2D eigenvalue weighted by atomic mass is 10.1. The van der Waals surface area contributed by atoms with Crippen molar-refractivity contribution in [1.29, 1.82) is 0 Å². The first-order chi connectivity index (χ1) is 10.1. The number of methoxy groups -OCH3 is 1. The molecule has 1 atom stereocenters. The largest absolute Gasteiger partial charge is 0.383 e. The van der Waals surface area contributed by atoms with Crippen LogP contribution in [0, 0.1) is 6.92 Å². The topological polar surface area (TPSA) is 56.9 Å². The predicted octanol–water partition coefficient (Wildman–Crippen LogP) is 2.02. The van der Waals surface area contributed by atoms with Gasteiger partial charge in [0.2, 0.25) is 0 Å². The minimum atomic E-state index is -0.0574. The molecule has 7 heteroatoms. The number of aromatic nitrogens is 4. The molecule has 2 aromatic heterocycles. The third-order valence-electron chi connectivity index (χ3n) is 3.43. The Kier molecular flexibility index (Phi) is 5.39. The van der Waals surface area contributed by atoms with E-state index in [4.69, 9.17) is 16.3 Å². The normalized spacial score (nSPS) is 12.8. The number of rotatable bonds is 7. The number of halogens is 1. The van der Waals surface area contributed by atoms with E-state index in [1.165, 1.54) is 0 Å². The number of hydrogen-bond acceptors (Lipinski definition) is 4. The monoisotopic (exact) mass is 311 g/mol. The molecule has 0 saturated carbocycles. The van der Waals surface area contributed by atoms with Crippen molar-refractivity contribution in [3.63, 3.8) is 0 Å². The zero-order chi connectivity index (χ0) is 15.4. The maximum absolute atomic E-state index is 6.36. The lowest BCUT2D eigenvalue weighted by Gasteiger charge is -2.19. The first-order valence-corrected chi connectivity index (χ1v) is 7.41. The summed E-state index contributed by atoms with van der Waals surface area (Å²) >= 11 is 6.36. The number of ether oxygens (including phenoxy) is 1. The van der Waals surface area contributed by atoms with E-state index < -0.39 is 0 Å². The van der Waals surface area contributed by atoms with Crippen LogP contribution in [0.4, 0.5) is 0 Å². The summed E-state index contributed by atoms with van der Waals surface area (Å²) in [5, 5.41) is 12.8. The van der Waals surface area contributed by atoms with E-state index in [0.717, 1.165) is 23.6 Å². The van der Waals surface area contributed by atoms with Crippen molar-refractivity contribution in [2.45, 2.75) is 33.0 Å². The molecule has 0 aromatic carbocycles. The Hall–Kier alpha value is -1.37. The number of nitrogens with zero attached hydrogens (tertiary/aromatic N) is 4. The van der Waals surface area contributed by atoms with Crippen molar-refractivity contribution in [3.8, 4) is 0 Å². The molecule has 2 aromatic rings. The van der Waals surface area contributed by atoms with Gasteiger partial charge < -0.3 is 10.1 Å². The summed E-state index contributed by atoms with van der Waals surface area (Å²) in [7, 11) is 3.59. The van der Waals surface area contributed by atoms with Crippen LogP contribution in [0.2, 0.25) is 5.02 Å². The predicted molar refractivity (Wildman–Crippen MR) is 82.7 cm³/mol. The van der Waals surface area contributed by atoms with Gasteiger partial charge in [0.15, 0.2) is 0 Å². The molecule has 0 amide bonds. The van der Waals surface area contributed by atoms with E-state index >= 15 is 0 Å². The van der Waals surface area contributed by atoms with Crippen molar-refractivity contribution in [2.24, 2.45) is 0 Å². The SMILES string of the molecule is CCn1nc(C)cc1C(NC)c1c(Cl)cnn1CCOC. The quantitative estimate of drug-likeness (QED) is 0.850. The fraction of sp³-hybridized carbons (Fsp3) is 0.571. The Morgan fingerprint density at radius 2 is 2.19 bits per heavy atom. The average molecular weight is 312 g/mol. The van der Waals surface area contributed by atoms with Crippen molar-refractivity contribution in [2.75, 3.05) is 20.8 Å². The zero-order valence-corrected chi connectivity index (χ0v) is 13.7. The van der Waals surface area contributed by atoms with Crippen molar-refractivity contribution >= 4 is 11.6 Å². The number of nitrogens with one attached hydrogen (secondary N) is 1. The Morgan fingerprint density at radius 3 is 2.81 bits per heavy atom. The van der Waals surface area contributed by atoms with E-state index in [1.54, 1.807) is 13.3 Å². The van der Waals surface area contributed by atoms with Crippen LogP contribution < -0.4 is 5.32 Å². The van der Waals surface area contributed by atoms with E-state index in [1.807, 2.05) is 23.3 Å². The molecule has 0 aliphatic carbocycles. The first-order valence-electron chi connectivity index (χ1n) is 7.04. The smallest absolute Gasteiger partial charge is 0.0931 e. The Bertz CT molecular complexity index is 592. The maximum atomic E-state index is 6.36. The van der Waals surface area contributed by atoms with Gasteiger partial charge in [0.1, 0.15) is 0 Å².